The number of benzene rings is 3. The lowest BCUT2D eigenvalue weighted by Gasteiger charge is -2.18. The molecule has 9 heteroatoms. The molecule has 0 spiro atoms. The number of alkyl halides is 6. The topological polar surface area (TPSA) is 38.7 Å². The third-order valence-corrected chi connectivity index (χ3v) is 7.33. The molecule has 0 amide bonds. The Bertz CT molecular complexity index is 1280. The number of ether oxygens (including phenoxy) is 2. The zero-order valence-corrected chi connectivity index (χ0v) is 22.3. The van der Waals surface area contributed by atoms with Gasteiger partial charge in [0.05, 0.1) is 23.3 Å². The molecule has 3 aromatic rings. The Balaban J connectivity index is 0.000000222. The van der Waals surface area contributed by atoms with Crippen molar-refractivity contribution in [2.45, 2.75) is 76.6 Å². The molecule has 0 aromatic heterocycles. The molecule has 0 aliphatic heterocycles. The van der Waals surface area contributed by atoms with E-state index >= 15 is 0 Å². The van der Waals surface area contributed by atoms with Crippen LogP contribution in [0.4, 0.5) is 26.3 Å². The molecule has 216 valence electrons. The highest BCUT2D eigenvalue weighted by Crippen LogP contribution is 2.42. The Morgan fingerprint density at radius 2 is 1.32 bits per heavy atom. The van der Waals surface area contributed by atoms with Crippen LogP contribution in [0.5, 0.6) is 5.75 Å². The minimum Gasteiger partial charge on any atom is -0.486 e. The maximum absolute atomic E-state index is 13.2. The Morgan fingerprint density at radius 1 is 0.775 bits per heavy atom. The summed E-state index contributed by atoms with van der Waals surface area (Å²) >= 11 is 0. The fourth-order valence-electron chi connectivity index (χ4n) is 5.48. The van der Waals surface area contributed by atoms with Gasteiger partial charge in [-0.2, -0.15) is 26.3 Å². The summed E-state index contributed by atoms with van der Waals surface area (Å²) in [5, 5.41) is 9.40. The predicted molar refractivity (Wildman–Crippen MR) is 139 cm³/mol. The zero-order chi connectivity index (χ0) is 29.1. The molecule has 1 N–H and O–H groups in total. The van der Waals surface area contributed by atoms with Crippen molar-refractivity contribution in [3.63, 3.8) is 0 Å². The first kappa shape index (κ1) is 29.9. The molecule has 0 bridgehead atoms. The van der Waals surface area contributed by atoms with Crippen molar-refractivity contribution in [3.8, 4) is 5.75 Å². The fraction of sp³-hybridized carbons (Fsp3) is 0.419. The SMILES string of the molecule is CCO[C@@H](CC)c1ccc(O[C@@H]2CCc3c2cccc3C(F)(F)F)cc1.O[C@H]1CCc2c1cccc2C(F)(F)F. The van der Waals surface area contributed by atoms with E-state index < -0.39 is 29.6 Å². The van der Waals surface area contributed by atoms with Gasteiger partial charge < -0.3 is 14.6 Å². The number of hydrogen-bond acceptors (Lipinski definition) is 3. The van der Waals surface area contributed by atoms with Crippen molar-refractivity contribution in [1.29, 1.82) is 0 Å². The molecule has 0 saturated carbocycles. The van der Waals surface area contributed by atoms with Crippen LogP contribution in [0.25, 0.3) is 0 Å². The molecule has 0 heterocycles. The van der Waals surface area contributed by atoms with Crippen LogP contribution < -0.4 is 4.74 Å². The van der Waals surface area contributed by atoms with Gasteiger partial charge in [-0.05, 0) is 91.1 Å². The van der Waals surface area contributed by atoms with Crippen molar-refractivity contribution < 1.29 is 40.9 Å². The van der Waals surface area contributed by atoms with Crippen LogP contribution in [0.3, 0.4) is 0 Å². The van der Waals surface area contributed by atoms with Gasteiger partial charge in [0.1, 0.15) is 11.9 Å². The summed E-state index contributed by atoms with van der Waals surface area (Å²) in [7, 11) is 0. The number of halogens is 6. The standard InChI is InChI=1S/C21H23F3O2.C10H9F3O/c1-3-19(25-4-2)14-8-10-15(11-9-14)26-20-13-12-16-17(20)6-5-7-18(16)21(22,23)24;11-10(12,13)8-3-1-2-7-6(8)4-5-9(7)14/h5-11,19-20H,3-4,12-13H2,1-2H3;1-3,9,14H,4-5H2/t19-,20+;9-/m00/s1. The Hall–Kier alpha value is -3.04. The number of aliphatic hydroxyl groups excluding tert-OH is 1. The van der Waals surface area contributed by atoms with Crippen LogP contribution in [0.15, 0.2) is 60.7 Å². The van der Waals surface area contributed by atoms with E-state index in [1.165, 1.54) is 12.1 Å². The normalized spacial score (nSPS) is 18.9. The lowest BCUT2D eigenvalue weighted by atomic mass is 10.0. The van der Waals surface area contributed by atoms with E-state index in [0.717, 1.165) is 24.1 Å². The third-order valence-electron chi connectivity index (χ3n) is 7.33. The molecule has 5 rings (SSSR count). The number of aliphatic hydroxyl groups is 1. The van der Waals surface area contributed by atoms with Crippen LogP contribution >= 0.6 is 0 Å². The van der Waals surface area contributed by atoms with Crippen LogP contribution in [0.1, 0.15) is 90.4 Å². The summed E-state index contributed by atoms with van der Waals surface area (Å²) in [6, 6.07) is 16.0. The van der Waals surface area contributed by atoms with Gasteiger partial charge in [-0.25, -0.2) is 0 Å². The average Bonchev–Trinajstić information content (AvgIpc) is 3.50. The molecule has 0 radical (unpaired) electrons. The highest BCUT2D eigenvalue weighted by atomic mass is 19.4. The molecular weight excluding hydrogens is 534 g/mol. The first-order chi connectivity index (χ1) is 18.9. The lowest BCUT2D eigenvalue weighted by molar-refractivity contribution is -0.139. The van der Waals surface area contributed by atoms with Crippen LogP contribution in [-0.4, -0.2) is 11.7 Å². The van der Waals surface area contributed by atoms with Crippen molar-refractivity contribution in [2.75, 3.05) is 6.61 Å². The van der Waals surface area contributed by atoms with Gasteiger partial charge in [-0.1, -0.05) is 43.3 Å². The maximum Gasteiger partial charge on any atom is 0.416 e. The van der Waals surface area contributed by atoms with Crippen LogP contribution in [0, 0.1) is 0 Å². The van der Waals surface area contributed by atoms with Crippen LogP contribution in [0.2, 0.25) is 0 Å². The van der Waals surface area contributed by atoms with Gasteiger partial charge in [-0.3, -0.25) is 0 Å². The minimum atomic E-state index is -4.32. The summed E-state index contributed by atoms with van der Waals surface area (Å²) in [5.74, 6) is 0.662. The Morgan fingerprint density at radius 3 is 1.88 bits per heavy atom. The highest BCUT2D eigenvalue weighted by Gasteiger charge is 2.38. The molecule has 2 aliphatic rings. The van der Waals surface area contributed by atoms with E-state index in [2.05, 4.69) is 6.92 Å². The first-order valence-corrected chi connectivity index (χ1v) is 13.4. The summed E-state index contributed by atoms with van der Waals surface area (Å²) in [4.78, 5) is 0. The van der Waals surface area contributed by atoms with E-state index in [9.17, 15) is 31.4 Å². The minimum absolute atomic E-state index is 0.0515. The molecule has 2 aliphatic carbocycles. The van der Waals surface area contributed by atoms with Gasteiger partial charge in [0.2, 0.25) is 0 Å². The fourth-order valence-corrected chi connectivity index (χ4v) is 5.48. The third kappa shape index (κ3) is 6.63. The smallest absolute Gasteiger partial charge is 0.416 e. The predicted octanol–water partition coefficient (Wildman–Crippen LogP) is 8.94. The van der Waals surface area contributed by atoms with Gasteiger partial charge in [0, 0.05) is 6.61 Å². The summed E-state index contributed by atoms with van der Waals surface area (Å²) in [6.07, 6.45) is -7.13. The number of fused-ring (bicyclic) bond motifs is 2. The van der Waals surface area contributed by atoms with Crippen molar-refractivity contribution in [3.05, 3.63) is 99.6 Å². The summed E-state index contributed by atoms with van der Waals surface area (Å²) < 4.78 is 88.6. The molecule has 0 saturated heterocycles. The molecule has 0 fully saturated rings. The van der Waals surface area contributed by atoms with E-state index in [4.69, 9.17) is 9.47 Å². The van der Waals surface area contributed by atoms with Crippen molar-refractivity contribution >= 4 is 0 Å². The second-order valence-corrected chi connectivity index (χ2v) is 9.86. The Kier molecular flexibility index (Phi) is 9.15. The average molecular weight is 567 g/mol. The van der Waals surface area contributed by atoms with E-state index in [-0.39, 0.29) is 17.8 Å². The van der Waals surface area contributed by atoms with Crippen molar-refractivity contribution in [2.24, 2.45) is 0 Å². The first-order valence-electron chi connectivity index (χ1n) is 13.4. The molecule has 40 heavy (non-hydrogen) atoms. The van der Waals surface area contributed by atoms with Crippen LogP contribution in [-0.2, 0) is 29.9 Å². The lowest BCUT2D eigenvalue weighted by Crippen LogP contribution is -2.09. The molecule has 0 unspecified atom stereocenters. The second kappa shape index (κ2) is 12.2. The maximum atomic E-state index is 13.2. The molecule has 3 nitrogen and oxygen atoms in total. The quantitative estimate of drug-likeness (QED) is 0.303. The monoisotopic (exact) mass is 566 g/mol. The van der Waals surface area contributed by atoms with Gasteiger partial charge in [-0.15, -0.1) is 0 Å². The van der Waals surface area contributed by atoms with Crippen molar-refractivity contribution in [1.82, 2.24) is 0 Å². The van der Waals surface area contributed by atoms with E-state index in [1.807, 2.05) is 31.2 Å². The number of hydrogen-bond donors (Lipinski definition) is 1. The molecular formula is C31H32F6O3. The molecule has 3 atom stereocenters. The van der Waals surface area contributed by atoms with Gasteiger partial charge >= 0.3 is 12.4 Å². The van der Waals surface area contributed by atoms with E-state index in [1.54, 1.807) is 12.1 Å². The zero-order valence-electron chi connectivity index (χ0n) is 22.3. The largest absolute Gasteiger partial charge is 0.486 e. The van der Waals surface area contributed by atoms with Gasteiger partial charge in [0.25, 0.3) is 0 Å². The van der Waals surface area contributed by atoms with Gasteiger partial charge in [0.15, 0.2) is 0 Å². The molecule has 3 aromatic carbocycles. The highest BCUT2D eigenvalue weighted by molar-refractivity contribution is 5.43. The second-order valence-electron chi connectivity index (χ2n) is 9.86. The summed E-state index contributed by atoms with van der Waals surface area (Å²) in [6.45, 7) is 4.68. The summed E-state index contributed by atoms with van der Waals surface area (Å²) in [5.41, 5.74) is 1.62. The Labute approximate surface area is 229 Å². The number of rotatable bonds is 6. The van der Waals surface area contributed by atoms with E-state index in [0.29, 0.717) is 54.7 Å².